The van der Waals surface area contributed by atoms with Crippen molar-refractivity contribution >= 4 is 5.91 Å². The maximum Gasteiger partial charge on any atom is 0.223 e. The van der Waals surface area contributed by atoms with Crippen LogP contribution in [0.15, 0.2) is 30.3 Å². The average molecular weight is 314 g/mol. The van der Waals surface area contributed by atoms with Crippen LogP contribution in [0.25, 0.3) is 0 Å². The molecule has 3 heteroatoms. The smallest absolute Gasteiger partial charge is 0.223 e. The summed E-state index contributed by atoms with van der Waals surface area (Å²) in [5.74, 6) is 1.26. The monoisotopic (exact) mass is 314 g/mol. The second-order valence-electron chi connectivity index (χ2n) is 7.29. The molecule has 2 aliphatic rings. The van der Waals surface area contributed by atoms with Crippen LogP contribution in [0.5, 0.6) is 0 Å². The second kappa shape index (κ2) is 8.49. The van der Waals surface area contributed by atoms with Gasteiger partial charge < -0.3 is 5.32 Å². The second-order valence-corrected chi connectivity index (χ2v) is 7.29. The largest absolute Gasteiger partial charge is 0.356 e. The molecule has 1 heterocycles. The van der Waals surface area contributed by atoms with E-state index in [4.69, 9.17) is 0 Å². The van der Waals surface area contributed by atoms with E-state index in [9.17, 15) is 4.79 Å². The van der Waals surface area contributed by atoms with Crippen molar-refractivity contribution in [3.63, 3.8) is 0 Å². The number of carbonyl (C=O) groups is 1. The number of benzene rings is 1. The van der Waals surface area contributed by atoms with Crippen LogP contribution in [0, 0.1) is 11.8 Å². The van der Waals surface area contributed by atoms with Gasteiger partial charge in [0.2, 0.25) is 5.91 Å². The first-order chi connectivity index (χ1) is 11.3. The van der Waals surface area contributed by atoms with Gasteiger partial charge in [0, 0.05) is 19.0 Å². The van der Waals surface area contributed by atoms with Crippen LogP contribution in [-0.2, 0) is 11.3 Å². The molecule has 0 spiro atoms. The summed E-state index contributed by atoms with van der Waals surface area (Å²) in [6, 6.07) is 10.6. The maximum absolute atomic E-state index is 12.4. The van der Waals surface area contributed by atoms with Crippen LogP contribution in [0.2, 0.25) is 0 Å². The molecular weight excluding hydrogens is 284 g/mol. The Morgan fingerprint density at radius 3 is 2.39 bits per heavy atom. The van der Waals surface area contributed by atoms with E-state index in [-0.39, 0.29) is 5.92 Å². The SMILES string of the molecule is O=C(NCC1CCCCC1)C1CCN(Cc2ccccc2)CC1. The topological polar surface area (TPSA) is 32.3 Å². The third-order valence-corrected chi connectivity index (χ3v) is 5.50. The van der Waals surface area contributed by atoms with E-state index >= 15 is 0 Å². The number of carbonyl (C=O) groups excluding carboxylic acids is 1. The number of piperidine rings is 1. The predicted molar refractivity (Wildman–Crippen MR) is 94.0 cm³/mol. The number of nitrogens with one attached hydrogen (secondary N) is 1. The van der Waals surface area contributed by atoms with Crippen molar-refractivity contribution in [1.82, 2.24) is 10.2 Å². The highest BCUT2D eigenvalue weighted by atomic mass is 16.1. The van der Waals surface area contributed by atoms with Gasteiger partial charge in [-0.05, 0) is 50.3 Å². The lowest BCUT2D eigenvalue weighted by Crippen LogP contribution is -2.41. The van der Waals surface area contributed by atoms with E-state index in [1.54, 1.807) is 0 Å². The molecule has 23 heavy (non-hydrogen) atoms. The Bertz CT molecular complexity index is 474. The van der Waals surface area contributed by atoms with Gasteiger partial charge in [0.1, 0.15) is 0 Å². The Kier molecular flexibility index (Phi) is 6.09. The Morgan fingerprint density at radius 1 is 1.00 bits per heavy atom. The first-order valence-corrected chi connectivity index (χ1v) is 9.35. The fourth-order valence-corrected chi connectivity index (χ4v) is 3.98. The van der Waals surface area contributed by atoms with Gasteiger partial charge in [0.05, 0.1) is 0 Å². The number of rotatable bonds is 5. The van der Waals surface area contributed by atoms with Crippen LogP contribution in [0.4, 0.5) is 0 Å². The molecule has 0 unspecified atom stereocenters. The standard InChI is InChI=1S/C20H30N2O/c23-20(21-15-17-7-3-1-4-8-17)19-11-13-22(14-12-19)16-18-9-5-2-6-10-18/h2,5-6,9-10,17,19H,1,3-4,7-8,11-16H2,(H,21,23). The van der Waals surface area contributed by atoms with Crippen molar-refractivity contribution in [3.05, 3.63) is 35.9 Å². The highest BCUT2D eigenvalue weighted by molar-refractivity contribution is 5.78. The first kappa shape index (κ1) is 16.5. The quantitative estimate of drug-likeness (QED) is 0.900. The minimum atomic E-state index is 0.227. The summed E-state index contributed by atoms with van der Waals surface area (Å²) < 4.78 is 0. The van der Waals surface area contributed by atoms with Crippen LogP contribution in [-0.4, -0.2) is 30.4 Å². The lowest BCUT2D eigenvalue weighted by Gasteiger charge is -2.31. The van der Waals surface area contributed by atoms with Gasteiger partial charge in [-0.2, -0.15) is 0 Å². The van der Waals surface area contributed by atoms with Crippen molar-refractivity contribution in [3.8, 4) is 0 Å². The fourth-order valence-electron chi connectivity index (χ4n) is 3.98. The minimum absolute atomic E-state index is 0.227. The summed E-state index contributed by atoms with van der Waals surface area (Å²) in [4.78, 5) is 14.8. The third-order valence-electron chi connectivity index (χ3n) is 5.50. The fraction of sp³-hybridized carbons (Fsp3) is 0.650. The van der Waals surface area contributed by atoms with Gasteiger partial charge in [0.25, 0.3) is 0 Å². The number of nitrogens with zero attached hydrogens (tertiary/aromatic N) is 1. The first-order valence-electron chi connectivity index (χ1n) is 9.35. The molecule has 1 aliphatic heterocycles. The van der Waals surface area contributed by atoms with Gasteiger partial charge >= 0.3 is 0 Å². The molecule has 0 aromatic heterocycles. The molecule has 0 bridgehead atoms. The zero-order valence-corrected chi connectivity index (χ0v) is 14.2. The van der Waals surface area contributed by atoms with E-state index in [1.807, 2.05) is 0 Å². The van der Waals surface area contributed by atoms with Crippen molar-refractivity contribution in [1.29, 1.82) is 0 Å². The summed E-state index contributed by atoms with van der Waals surface area (Å²) in [6.45, 7) is 3.99. The molecule has 2 fully saturated rings. The molecule has 0 radical (unpaired) electrons. The maximum atomic E-state index is 12.4. The van der Waals surface area contributed by atoms with Crippen LogP contribution in [0.3, 0.4) is 0 Å². The van der Waals surface area contributed by atoms with Gasteiger partial charge in [-0.15, -0.1) is 0 Å². The summed E-state index contributed by atoms with van der Waals surface area (Å²) >= 11 is 0. The highest BCUT2D eigenvalue weighted by Gasteiger charge is 2.25. The minimum Gasteiger partial charge on any atom is -0.356 e. The van der Waals surface area contributed by atoms with Crippen molar-refractivity contribution in [2.75, 3.05) is 19.6 Å². The number of likely N-dealkylation sites (tertiary alicyclic amines) is 1. The molecule has 1 aliphatic carbocycles. The summed E-state index contributed by atoms with van der Waals surface area (Å²) in [7, 11) is 0. The molecule has 1 N–H and O–H groups in total. The van der Waals surface area contributed by atoms with Crippen molar-refractivity contribution < 1.29 is 4.79 Å². The zero-order valence-electron chi connectivity index (χ0n) is 14.2. The average Bonchev–Trinajstić information content (AvgIpc) is 2.62. The Morgan fingerprint density at radius 2 is 1.70 bits per heavy atom. The van der Waals surface area contributed by atoms with Crippen LogP contribution in [0.1, 0.15) is 50.5 Å². The molecule has 1 saturated heterocycles. The molecule has 1 aromatic rings. The van der Waals surface area contributed by atoms with E-state index in [2.05, 4.69) is 40.5 Å². The normalized spacial score (nSPS) is 21.2. The molecule has 3 nitrogen and oxygen atoms in total. The summed E-state index contributed by atoms with van der Waals surface area (Å²) in [5, 5.41) is 3.23. The molecule has 1 saturated carbocycles. The molecule has 3 rings (SSSR count). The van der Waals surface area contributed by atoms with Gasteiger partial charge in [-0.3, -0.25) is 9.69 Å². The van der Waals surface area contributed by atoms with Crippen LogP contribution < -0.4 is 5.32 Å². The third kappa shape index (κ3) is 5.07. The zero-order chi connectivity index (χ0) is 15.9. The number of hydrogen-bond donors (Lipinski definition) is 1. The Balaban J connectivity index is 1.37. The number of amides is 1. The van der Waals surface area contributed by atoms with Gasteiger partial charge in [-0.25, -0.2) is 0 Å². The molecular formula is C20H30N2O. The van der Waals surface area contributed by atoms with E-state index in [0.29, 0.717) is 5.91 Å². The Labute approximate surface area is 140 Å². The number of hydrogen-bond acceptors (Lipinski definition) is 2. The lowest BCUT2D eigenvalue weighted by molar-refractivity contribution is -0.126. The molecule has 1 amide bonds. The van der Waals surface area contributed by atoms with E-state index in [0.717, 1.165) is 44.9 Å². The van der Waals surface area contributed by atoms with Gasteiger partial charge in [0.15, 0.2) is 0 Å². The Hall–Kier alpha value is -1.35. The van der Waals surface area contributed by atoms with E-state index < -0.39 is 0 Å². The lowest BCUT2D eigenvalue weighted by atomic mass is 9.89. The van der Waals surface area contributed by atoms with Crippen molar-refractivity contribution in [2.24, 2.45) is 11.8 Å². The predicted octanol–water partition coefficient (Wildman–Crippen LogP) is 3.60. The van der Waals surface area contributed by atoms with Crippen LogP contribution >= 0.6 is 0 Å². The molecule has 126 valence electrons. The molecule has 1 aromatic carbocycles. The van der Waals surface area contributed by atoms with E-state index in [1.165, 1.54) is 37.7 Å². The summed E-state index contributed by atoms with van der Waals surface area (Å²) in [6.07, 6.45) is 8.68. The van der Waals surface area contributed by atoms with Crippen molar-refractivity contribution in [2.45, 2.75) is 51.5 Å². The van der Waals surface area contributed by atoms with Gasteiger partial charge in [-0.1, -0.05) is 49.6 Å². The molecule has 0 atom stereocenters. The highest BCUT2D eigenvalue weighted by Crippen LogP contribution is 2.23. The summed E-state index contributed by atoms with van der Waals surface area (Å²) in [5.41, 5.74) is 1.37.